The van der Waals surface area contributed by atoms with E-state index in [1.165, 1.54) is 10.4 Å². The van der Waals surface area contributed by atoms with E-state index in [1.54, 1.807) is 23.7 Å². The minimum absolute atomic E-state index is 0.0947. The zero-order valence-electron chi connectivity index (χ0n) is 16.2. The number of sulfonamides is 1. The quantitative estimate of drug-likeness (QED) is 0.805. The lowest BCUT2D eigenvalue weighted by atomic mass is 10.1. The van der Waals surface area contributed by atoms with Crippen LogP contribution in [0.2, 0.25) is 0 Å². The molecule has 1 aliphatic rings. The Balaban J connectivity index is 1.68. The Morgan fingerprint density at radius 1 is 1.00 bits per heavy atom. The van der Waals surface area contributed by atoms with Gasteiger partial charge in [0.25, 0.3) is 5.56 Å². The van der Waals surface area contributed by atoms with Crippen molar-refractivity contribution < 1.29 is 13.2 Å². The average Bonchev–Trinajstić information content (AvgIpc) is 2.62. The molecule has 0 atom stereocenters. The second kappa shape index (κ2) is 7.48. The highest BCUT2D eigenvalue weighted by Crippen LogP contribution is 2.24. The van der Waals surface area contributed by atoms with Gasteiger partial charge in [0.05, 0.1) is 4.90 Å². The summed E-state index contributed by atoms with van der Waals surface area (Å²) in [5.74, 6) is 0.547. The van der Waals surface area contributed by atoms with Crippen molar-refractivity contribution in [2.45, 2.75) is 44.6 Å². The molecule has 1 aromatic carbocycles. The monoisotopic (exact) mass is 390 g/mol. The molecule has 1 saturated heterocycles. The zero-order valence-corrected chi connectivity index (χ0v) is 17.0. The van der Waals surface area contributed by atoms with Crippen molar-refractivity contribution in [1.29, 1.82) is 0 Å². The molecule has 7 heteroatoms. The molecule has 0 N–H and O–H groups in total. The van der Waals surface area contributed by atoms with Crippen molar-refractivity contribution in [2.24, 2.45) is 7.05 Å². The largest absolute Gasteiger partial charge is 0.490 e. The number of ether oxygens (including phenoxy) is 1. The maximum absolute atomic E-state index is 12.9. The molecule has 146 valence electrons. The van der Waals surface area contributed by atoms with Crippen LogP contribution < -0.4 is 10.3 Å². The highest BCUT2D eigenvalue weighted by atomic mass is 32.2. The minimum atomic E-state index is -3.49. The minimum Gasteiger partial charge on any atom is -0.490 e. The van der Waals surface area contributed by atoms with Gasteiger partial charge in [-0.15, -0.1) is 0 Å². The number of nitrogens with zero attached hydrogens (tertiary/aromatic N) is 2. The summed E-state index contributed by atoms with van der Waals surface area (Å²) in [4.78, 5) is 12.2. The third kappa shape index (κ3) is 4.09. The van der Waals surface area contributed by atoms with Crippen molar-refractivity contribution in [1.82, 2.24) is 8.87 Å². The van der Waals surface area contributed by atoms with Crippen molar-refractivity contribution in [3.05, 3.63) is 57.5 Å². The molecule has 0 radical (unpaired) electrons. The number of rotatable bonds is 4. The first kappa shape index (κ1) is 19.6. The molecule has 6 nitrogen and oxygen atoms in total. The van der Waals surface area contributed by atoms with Gasteiger partial charge in [-0.25, -0.2) is 8.42 Å². The third-order valence-electron chi connectivity index (χ3n) is 5.30. The molecule has 0 saturated carbocycles. The Hall–Kier alpha value is -2.12. The van der Waals surface area contributed by atoms with E-state index in [9.17, 15) is 13.2 Å². The number of piperidine rings is 1. The van der Waals surface area contributed by atoms with Gasteiger partial charge in [0.2, 0.25) is 10.0 Å². The van der Waals surface area contributed by atoms with E-state index >= 15 is 0 Å². The lowest BCUT2D eigenvalue weighted by molar-refractivity contribution is 0.134. The molecule has 0 amide bonds. The van der Waals surface area contributed by atoms with Crippen LogP contribution in [0, 0.1) is 20.8 Å². The van der Waals surface area contributed by atoms with E-state index in [4.69, 9.17) is 4.74 Å². The molecule has 0 aliphatic carbocycles. The van der Waals surface area contributed by atoms with Crippen molar-refractivity contribution in [3.8, 4) is 5.75 Å². The van der Waals surface area contributed by atoms with Crippen LogP contribution in [0.15, 0.2) is 40.0 Å². The average molecular weight is 391 g/mol. The van der Waals surface area contributed by atoms with Gasteiger partial charge < -0.3 is 9.30 Å². The zero-order chi connectivity index (χ0) is 19.8. The van der Waals surface area contributed by atoms with Crippen LogP contribution in [-0.4, -0.2) is 36.5 Å². The Bertz CT molecular complexity index is 1000. The summed E-state index contributed by atoms with van der Waals surface area (Å²) in [6, 6.07) is 8.56. The summed E-state index contributed by atoms with van der Waals surface area (Å²) in [5.41, 5.74) is 2.76. The smallest absolute Gasteiger partial charge is 0.254 e. The number of aromatic nitrogens is 1. The van der Waals surface area contributed by atoms with Crippen LogP contribution >= 0.6 is 0 Å². The predicted octanol–water partition coefficient (Wildman–Crippen LogP) is 2.54. The lowest BCUT2D eigenvalue weighted by Gasteiger charge is -2.31. The van der Waals surface area contributed by atoms with Gasteiger partial charge in [-0.1, -0.05) is 6.07 Å². The van der Waals surface area contributed by atoms with Crippen molar-refractivity contribution >= 4 is 10.0 Å². The fourth-order valence-electron chi connectivity index (χ4n) is 3.21. The number of benzene rings is 1. The molecule has 1 fully saturated rings. The van der Waals surface area contributed by atoms with Crippen LogP contribution in [0.1, 0.15) is 29.7 Å². The van der Waals surface area contributed by atoms with E-state index in [2.05, 4.69) is 0 Å². The summed E-state index contributed by atoms with van der Waals surface area (Å²) < 4.78 is 34.8. The van der Waals surface area contributed by atoms with Crippen molar-refractivity contribution in [3.63, 3.8) is 0 Å². The molecule has 0 spiro atoms. The molecule has 1 aliphatic heterocycles. The Morgan fingerprint density at radius 3 is 2.26 bits per heavy atom. The Labute approximate surface area is 160 Å². The molecule has 3 rings (SSSR count). The number of aryl methyl sites for hydroxylation is 3. The second-order valence-corrected chi connectivity index (χ2v) is 9.13. The maximum atomic E-state index is 12.9. The van der Waals surface area contributed by atoms with Gasteiger partial charge in [-0.3, -0.25) is 4.79 Å². The van der Waals surface area contributed by atoms with Gasteiger partial charge in [0, 0.05) is 31.9 Å². The fraction of sp³-hybridized carbons (Fsp3) is 0.450. The molecule has 2 aromatic rings. The van der Waals surface area contributed by atoms with Crippen molar-refractivity contribution in [2.75, 3.05) is 13.1 Å². The predicted molar refractivity (Wildman–Crippen MR) is 105 cm³/mol. The van der Waals surface area contributed by atoms with Crippen LogP contribution in [0.4, 0.5) is 0 Å². The third-order valence-corrected chi connectivity index (χ3v) is 7.19. The van der Waals surface area contributed by atoms with Gasteiger partial charge >= 0.3 is 0 Å². The van der Waals surface area contributed by atoms with Crippen LogP contribution in [0.3, 0.4) is 0 Å². The normalized spacial score (nSPS) is 16.4. The first-order chi connectivity index (χ1) is 12.7. The SMILES string of the molecule is Cc1ccc(S(=O)(=O)N2CCC(Oc3cc(C)n(C)c(=O)c3)CC2)cc1C. The molecule has 0 unspecified atom stereocenters. The van der Waals surface area contributed by atoms with Gasteiger partial charge in [-0.2, -0.15) is 4.31 Å². The molecule has 27 heavy (non-hydrogen) atoms. The van der Waals surface area contributed by atoms with Crippen LogP contribution in [-0.2, 0) is 17.1 Å². The maximum Gasteiger partial charge on any atom is 0.254 e. The van der Waals surface area contributed by atoms with Crippen LogP contribution in [0.25, 0.3) is 0 Å². The van der Waals surface area contributed by atoms with E-state index in [0.29, 0.717) is 36.6 Å². The van der Waals surface area contributed by atoms with E-state index < -0.39 is 10.0 Å². The van der Waals surface area contributed by atoms with E-state index in [1.807, 2.05) is 32.9 Å². The molecular formula is C20H26N2O4S. The van der Waals surface area contributed by atoms with Crippen LogP contribution in [0.5, 0.6) is 5.75 Å². The van der Waals surface area contributed by atoms with E-state index in [0.717, 1.165) is 16.8 Å². The van der Waals surface area contributed by atoms with Gasteiger partial charge in [0.15, 0.2) is 0 Å². The first-order valence-corrected chi connectivity index (χ1v) is 10.5. The highest BCUT2D eigenvalue weighted by molar-refractivity contribution is 7.89. The summed E-state index contributed by atoms with van der Waals surface area (Å²) in [6.45, 7) is 6.55. The number of pyridine rings is 1. The molecule has 2 heterocycles. The summed E-state index contributed by atoms with van der Waals surface area (Å²) in [7, 11) is -1.77. The fourth-order valence-corrected chi connectivity index (χ4v) is 4.77. The number of hydrogen-bond donors (Lipinski definition) is 0. The standard InChI is InChI=1S/C20H26N2O4S/c1-14-5-6-19(11-15(14)2)27(24,25)22-9-7-17(8-10-22)26-18-12-16(3)21(4)20(23)13-18/h5-6,11-13,17H,7-10H2,1-4H3. The van der Waals surface area contributed by atoms with E-state index in [-0.39, 0.29) is 11.7 Å². The highest BCUT2D eigenvalue weighted by Gasteiger charge is 2.30. The first-order valence-electron chi connectivity index (χ1n) is 9.10. The molecular weight excluding hydrogens is 364 g/mol. The molecule has 1 aromatic heterocycles. The Kier molecular flexibility index (Phi) is 5.44. The summed E-state index contributed by atoms with van der Waals surface area (Å²) in [5, 5.41) is 0. The van der Waals surface area contributed by atoms with Gasteiger partial charge in [0.1, 0.15) is 11.9 Å². The topological polar surface area (TPSA) is 68.6 Å². The Morgan fingerprint density at radius 2 is 1.67 bits per heavy atom. The summed E-state index contributed by atoms with van der Waals surface area (Å²) >= 11 is 0. The summed E-state index contributed by atoms with van der Waals surface area (Å²) in [6.07, 6.45) is 1.10. The second-order valence-electron chi connectivity index (χ2n) is 7.20. The number of hydrogen-bond acceptors (Lipinski definition) is 4. The molecule has 0 bridgehead atoms. The lowest BCUT2D eigenvalue weighted by Crippen LogP contribution is -2.41. The van der Waals surface area contributed by atoms with Gasteiger partial charge in [-0.05, 0) is 62.9 Å².